The highest BCUT2D eigenvalue weighted by Crippen LogP contribution is 2.09. The average Bonchev–Trinajstić information content (AvgIpc) is 2.26. The number of benzene rings is 1. The molecule has 0 spiro atoms. The minimum absolute atomic E-state index is 0.0699. The Balaban J connectivity index is 2.86. The summed E-state index contributed by atoms with van der Waals surface area (Å²) in [6.07, 6.45) is 0. The lowest BCUT2D eigenvalue weighted by molar-refractivity contribution is -0.116. The number of carbonyl (C=O) groups excluding carboxylic acids is 2. The molecular weight excluding hydrogens is 258 g/mol. The van der Waals surface area contributed by atoms with Crippen molar-refractivity contribution >= 4 is 22.0 Å². The molecule has 0 heterocycles. The molecule has 8 heteroatoms. The van der Waals surface area contributed by atoms with Crippen molar-refractivity contribution in [2.45, 2.75) is 18.7 Å². The molecule has 96 valence electrons. The third-order valence-electron chi connectivity index (χ3n) is 1.83. The zero-order chi connectivity index (χ0) is 13.8. The molecule has 0 aliphatic rings. The molecule has 0 bridgehead atoms. The Morgan fingerprint density at radius 1 is 1.11 bits per heavy atom. The second-order valence-electron chi connectivity index (χ2n) is 3.44. The van der Waals surface area contributed by atoms with Crippen molar-refractivity contribution in [2.24, 2.45) is 10.2 Å². The molecule has 0 saturated heterocycles. The summed E-state index contributed by atoms with van der Waals surface area (Å²) in [6, 6.07) is 4.68. The van der Waals surface area contributed by atoms with E-state index in [0.29, 0.717) is 0 Å². The summed E-state index contributed by atoms with van der Waals surface area (Å²) in [5.74, 6) is -0.696. The van der Waals surface area contributed by atoms with Gasteiger partial charge in [0.1, 0.15) is 0 Å². The second kappa shape index (κ2) is 5.50. The first kappa shape index (κ1) is 14.0. The van der Waals surface area contributed by atoms with Gasteiger partial charge < -0.3 is 0 Å². The van der Waals surface area contributed by atoms with E-state index >= 15 is 0 Å². The average molecular weight is 269 g/mol. The van der Waals surface area contributed by atoms with Crippen molar-refractivity contribution in [2.75, 3.05) is 0 Å². The summed E-state index contributed by atoms with van der Waals surface area (Å²) in [5.41, 5.74) is 0.886. The van der Waals surface area contributed by atoms with Crippen LogP contribution in [0.15, 0.2) is 39.4 Å². The zero-order valence-electron chi connectivity index (χ0n) is 9.75. The number of hydrogen-bond donors (Lipinski definition) is 1. The molecule has 1 aromatic rings. The number of sulfonamides is 1. The van der Waals surface area contributed by atoms with Gasteiger partial charge in [-0.05, 0) is 19.1 Å². The van der Waals surface area contributed by atoms with E-state index in [1.807, 2.05) is 0 Å². The third kappa shape index (κ3) is 4.06. The minimum atomic E-state index is -3.99. The van der Waals surface area contributed by atoms with E-state index in [4.69, 9.17) is 0 Å². The van der Waals surface area contributed by atoms with Crippen molar-refractivity contribution in [1.82, 2.24) is 4.72 Å². The summed E-state index contributed by atoms with van der Waals surface area (Å²) in [7, 11) is -3.99. The molecule has 0 unspecified atom stereocenters. The molecule has 7 nitrogen and oxygen atoms in total. The van der Waals surface area contributed by atoms with E-state index in [1.54, 1.807) is 23.8 Å². The molecule has 3 amide bonds. The lowest BCUT2D eigenvalue weighted by atomic mass is 10.2. The van der Waals surface area contributed by atoms with Gasteiger partial charge in [-0.15, -0.1) is 5.11 Å². The van der Waals surface area contributed by atoms with Gasteiger partial charge in [0, 0.05) is 6.92 Å². The topological polar surface area (TPSA) is 105 Å². The fraction of sp³-hybridized carbons (Fsp3) is 0.200. The van der Waals surface area contributed by atoms with E-state index in [-0.39, 0.29) is 4.90 Å². The largest absolute Gasteiger partial charge is 0.373 e. The Morgan fingerprint density at radius 3 is 2.17 bits per heavy atom. The maximum Gasteiger partial charge on any atom is 0.373 e. The first-order valence-corrected chi connectivity index (χ1v) is 6.35. The fourth-order valence-corrected chi connectivity index (χ4v) is 1.91. The van der Waals surface area contributed by atoms with Crippen LogP contribution in [0.5, 0.6) is 0 Å². The molecule has 0 aromatic heterocycles. The van der Waals surface area contributed by atoms with Crippen LogP contribution in [0.1, 0.15) is 12.5 Å². The number of hydrogen-bond acceptors (Lipinski definition) is 4. The number of urea groups is 1. The zero-order valence-corrected chi connectivity index (χ0v) is 10.6. The highest BCUT2D eigenvalue weighted by atomic mass is 32.2. The molecule has 18 heavy (non-hydrogen) atoms. The Labute approximate surface area is 104 Å². The number of nitrogens with one attached hydrogen (secondary N) is 1. The first-order chi connectivity index (χ1) is 8.31. The van der Waals surface area contributed by atoms with Crippen LogP contribution >= 0.6 is 0 Å². The Bertz CT molecular complexity index is 590. The van der Waals surface area contributed by atoms with Crippen LogP contribution < -0.4 is 4.72 Å². The molecule has 0 saturated carbocycles. The molecule has 1 N–H and O–H groups in total. The Morgan fingerprint density at radius 2 is 1.67 bits per heavy atom. The fourth-order valence-electron chi connectivity index (χ4n) is 1.03. The lowest BCUT2D eigenvalue weighted by Gasteiger charge is -2.03. The SMILES string of the molecule is CC(=O)N=NC(=O)NS(=O)(=O)c1ccc(C)cc1. The standard InChI is InChI=1S/C10H11N3O4S/c1-7-3-5-9(6-4-7)18(16,17)13-10(15)12-11-8(2)14/h3-6H,1-2H3,(H,13,15). The molecule has 0 atom stereocenters. The van der Waals surface area contributed by atoms with Crippen LogP contribution in [0.3, 0.4) is 0 Å². The van der Waals surface area contributed by atoms with Gasteiger partial charge in [0.2, 0.25) is 0 Å². The van der Waals surface area contributed by atoms with Crippen molar-refractivity contribution in [3.8, 4) is 0 Å². The van der Waals surface area contributed by atoms with Gasteiger partial charge in [-0.2, -0.15) is 0 Å². The molecule has 1 aromatic carbocycles. The molecular formula is C10H11N3O4S. The van der Waals surface area contributed by atoms with E-state index in [2.05, 4.69) is 10.2 Å². The van der Waals surface area contributed by atoms with Crippen LogP contribution in [0.4, 0.5) is 4.79 Å². The monoisotopic (exact) mass is 269 g/mol. The molecule has 0 radical (unpaired) electrons. The van der Waals surface area contributed by atoms with Crippen molar-refractivity contribution < 1.29 is 18.0 Å². The van der Waals surface area contributed by atoms with Gasteiger partial charge in [-0.1, -0.05) is 22.8 Å². The highest BCUT2D eigenvalue weighted by Gasteiger charge is 2.16. The van der Waals surface area contributed by atoms with Crippen LogP contribution in [0, 0.1) is 6.92 Å². The van der Waals surface area contributed by atoms with Crippen LogP contribution in [-0.4, -0.2) is 20.4 Å². The normalized spacial score (nSPS) is 11.4. The molecule has 1 rings (SSSR count). The summed E-state index contributed by atoms with van der Waals surface area (Å²) in [4.78, 5) is 21.5. The maximum absolute atomic E-state index is 11.7. The van der Waals surface area contributed by atoms with E-state index in [0.717, 1.165) is 12.5 Å². The van der Waals surface area contributed by atoms with Crippen LogP contribution in [0.2, 0.25) is 0 Å². The maximum atomic E-state index is 11.7. The first-order valence-electron chi connectivity index (χ1n) is 4.87. The van der Waals surface area contributed by atoms with Gasteiger partial charge in [-0.25, -0.2) is 17.9 Å². The Hall–Kier alpha value is -2.09. The van der Waals surface area contributed by atoms with Gasteiger partial charge >= 0.3 is 6.03 Å². The van der Waals surface area contributed by atoms with E-state index in [9.17, 15) is 18.0 Å². The predicted octanol–water partition coefficient (Wildman–Crippen LogP) is 1.39. The van der Waals surface area contributed by atoms with Gasteiger partial charge in [0.15, 0.2) is 0 Å². The van der Waals surface area contributed by atoms with Crippen molar-refractivity contribution in [3.05, 3.63) is 29.8 Å². The highest BCUT2D eigenvalue weighted by molar-refractivity contribution is 7.90. The number of nitrogens with zero attached hydrogens (tertiary/aromatic N) is 2. The second-order valence-corrected chi connectivity index (χ2v) is 5.13. The predicted molar refractivity (Wildman–Crippen MR) is 62.4 cm³/mol. The summed E-state index contributed by atoms with van der Waals surface area (Å²) < 4.78 is 25.0. The van der Waals surface area contributed by atoms with E-state index < -0.39 is 22.0 Å². The minimum Gasteiger partial charge on any atom is -0.271 e. The smallest absolute Gasteiger partial charge is 0.271 e. The third-order valence-corrected chi connectivity index (χ3v) is 3.17. The van der Waals surface area contributed by atoms with Crippen molar-refractivity contribution in [1.29, 1.82) is 0 Å². The lowest BCUT2D eigenvalue weighted by Crippen LogP contribution is -2.27. The van der Waals surface area contributed by atoms with Crippen LogP contribution in [-0.2, 0) is 14.8 Å². The molecule has 0 aliphatic carbocycles. The van der Waals surface area contributed by atoms with Gasteiger partial charge in [0.05, 0.1) is 4.90 Å². The molecule has 0 aliphatic heterocycles. The van der Waals surface area contributed by atoms with Gasteiger partial charge in [-0.3, -0.25) is 4.79 Å². The number of azo groups is 1. The Kier molecular flexibility index (Phi) is 4.27. The van der Waals surface area contributed by atoms with Crippen LogP contribution in [0.25, 0.3) is 0 Å². The molecule has 0 fully saturated rings. The summed E-state index contributed by atoms with van der Waals surface area (Å²) in [6.45, 7) is 2.89. The number of carbonyl (C=O) groups is 2. The summed E-state index contributed by atoms with van der Waals surface area (Å²) in [5, 5.41) is 5.82. The number of amides is 3. The van der Waals surface area contributed by atoms with E-state index in [1.165, 1.54) is 12.1 Å². The number of rotatable bonds is 2. The summed E-state index contributed by atoms with van der Waals surface area (Å²) >= 11 is 0. The quantitative estimate of drug-likeness (QED) is 0.819. The number of aryl methyl sites for hydroxylation is 1. The van der Waals surface area contributed by atoms with Gasteiger partial charge in [0.25, 0.3) is 15.9 Å². The van der Waals surface area contributed by atoms with Crippen molar-refractivity contribution in [3.63, 3.8) is 0 Å².